The van der Waals surface area contributed by atoms with E-state index in [4.69, 9.17) is 16.3 Å². The summed E-state index contributed by atoms with van der Waals surface area (Å²) in [4.78, 5) is 16.6. The summed E-state index contributed by atoms with van der Waals surface area (Å²) in [5.74, 6) is -0.287. The third-order valence-electron chi connectivity index (χ3n) is 3.30. The maximum atomic E-state index is 13.7. The topological polar surface area (TPSA) is 57.9 Å². The molecule has 1 atom stereocenters. The number of ether oxygens (including phenoxy) is 1. The Morgan fingerprint density at radius 1 is 1.10 bits per heavy atom. The number of hydrogen-bond donors (Lipinski definition) is 2. The molecule has 108 valence electrons. The van der Waals surface area contributed by atoms with Crippen LogP contribution in [0.5, 0.6) is 5.75 Å². The largest absolute Gasteiger partial charge is 0.494 e. The molecule has 21 heavy (non-hydrogen) atoms. The fraction of sp³-hybridized carbons (Fsp3) is 0.133. The second-order valence-electron chi connectivity index (χ2n) is 4.64. The quantitative estimate of drug-likeness (QED) is 0.729. The summed E-state index contributed by atoms with van der Waals surface area (Å²) >= 11 is 6.40. The Morgan fingerprint density at radius 2 is 1.76 bits per heavy atom. The van der Waals surface area contributed by atoms with Crippen LogP contribution in [0.25, 0.3) is 11.0 Å². The van der Waals surface area contributed by atoms with Crippen LogP contribution in [0.15, 0.2) is 41.2 Å². The third kappa shape index (κ3) is 2.52. The molecule has 0 aliphatic heterocycles. The molecule has 1 aromatic heterocycles. The summed E-state index contributed by atoms with van der Waals surface area (Å²) in [5, 5.41) is -0.520. The van der Waals surface area contributed by atoms with Gasteiger partial charge in [0, 0.05) is 0 Å². The predicted molar refractivity (Wildman–Crippen MR) is 79.6 cm³/mol. The predicted octanol–water partition coefficient (Wildman–Crippen LogP) is 3.33. The van der Waals surface area contributed by atoms with E-state index in [-0.39, 0.29) is 11.4 Å². The number of halogens is 2. The molecule has 0 fully saturated rings. The Balaban J connectivity index is 2.00. The van der Waals surface area contributed by atoms with Crippen LogP contribution in [0.1, 0.15) is 16.5 Å². The highest BCUT2D eigenvalue weighted by atomic mass is 35.5. The van der Waals surface area contributed by atoms with Crippen molar-refractivity contribution in [3.05, 3.63) is 63.8 Å². The fourth-order valence-electron chi connectivity index (χ4n) is 2.24. The van der Waals surface area contributed by atoms with Crippen LogP contribution in [-0.4, -0.2) is 17.1 Å². The lowest BCUT2D eigenvalue weighted by Gasteiger charge is -2.12. The molecular formula is C15H12ClFN2O2. The molecule has 0 spiro atoms. The molecular weight excluding hydrogens is 295 g/mol. The third-order valence-corrected chi connectivity index (χ3v) is 3.81. The molecule has 2 aromatic carbocycles. The van der Waals surface area contributed by atoms with Crippen molar-refractivity contribution < 1.29 is 9.13 Å². The monoisotopic (exact) mass is 306 g/mol. The zero-order valence-corrected chi connectivity index (χ0v) is 11.9. The van der Waals surface area contributed by atoms with Gasteiger partial charge < -0.3 is 14.7 Å². The lowest BCUT2D eigenvalue weighted by Crippen LogP contribution is -1.99. The van der Waals surface area contributed by atoms with Crippen LogP contribution < -0.4 is 10.4 Å². The molecule has 4 nitrogen and oxygen atoms in total. The Labute approximate surface area is 124 Å². The highest BCUT2D eigenvalue weighted by Gasteiger charge is 2.14. The number of benzene rings is 2. The van der Waals surface area contributed by atoms with Crippen molar-refractivity contribution in [3.8, 4) is 5.75 Å². The summed E-state index contributed by atoms with van der Waals surface area (Å²) in [6, 6.07) is 9.93. The smallest absolute Gasteiger partial charge is 0.323 e. The van der Waals surface area contributed by atoms with Crippen molar-refractivity contribution in [1.29, 1.82) is 0 Å². The molecule has 0 aliphatic carbocycles. The summed E-state index contributed by atoms with van der Waals surface area (Å²) in [5.41, 5.74) is 2.48. The summed E-state index contributed by atoms with van der Waals surface area (Å²) in [6.07, 6.45) is 0. The van der Waals surface area contributed by atoms with Crippen LogP contribution >= 0.6 is 11.6 Å². The van der Waals surface area contributed by atoms with Gasteiger partial charge in [0.2, 0.25) is 0 Å². The van der Waals surface area contributed by atoms with Gasteiger partial charge in [-0.3, -0.25) is 0 Å². The molecule has 2 N–H and O–H groups in total. The Kier molecular flexibility index (Phi) is 3.43. The maximum Gasteiger partial charge on any atom is 0.323 e. The van der Waals surface area contributed by atoms with Gasteiger partial charge in [0.05, 0.1) is 23.5 Å². The van der Waals surface area contributed by atoms with E-state index in [1.165, 1.54) is 19.2 Å². The zero-order valence-electron chi connectivity index (χ0n) is 11.1. The average molecular weight is 307 g/mol. The van der Waals surface area contributed by atoms with Gasteiger partial charge in [0.25, 0.3) is 0 Å². The van der Waals surface area contributed by atoms with Crippen LogP contribution in [0, 0.1) is 5.82 Å². The van der Waals surface area contributed by atoms with Crippen molar-refractivity contribution >= 4 is 22.6 Å². The van der Waals surface area contributed by atoms with Crippen molar-refractivity contribution in [2.75, 3.05) is 7.11 Å². The molecule has 1 unspecified atom stereocenters. The molecule has 3 aromatic rings. The standard InChI is InChI=1S/C15H12ClFN2O2/c1-21-13-5-3-8(6-10(13)17)14(16)9-2-4-11-12(7-9)19-15(20)18-11/h2-7,14H,1H3,(H2,18,19,20). The molecule has 0 saturated heterocycles. The van der Waals surface area contributed by atoms with Crippen LogP contribution in [0.2, 0.25) is 0 Å². The molecule has 6 heteroatoms. The number of hydrogen-bond acceptors (Lipinski definition) is 2. The first-order valence-corrected chi connectivity index (χ1v) is 6.71. The first-order valence-electron chi connectivity index (χ1n) is 6.28. The average Bonchev–Trinajstić information content (AvgIpc) is 2.85. The molecule has 0 saturated carbocycles. The molecule has 1 heterocycles. The van der Waals surface area contributed by atoms with Gasteiger partial charge in [-0.1, -0.05) is 12.1 Å². The lowest BCUT2D eigenvalue weighted by molar-refractivity contribution is 0.386. The zero-order chi connectivity index (χ0) is 15.0. The number of fused-ring (bicyclic) bond motifs is 1. The highest BCUT2D eigenvalue weighted by molar-refractivity contribution is 6.22. The van der Waals surface area contributed by atoms with Gasteiger partial charge in [-0.25, -0.2) is 9.18 Å². The Bertz CT molecular complexity index is 856. The lowest BCUT2D eigenvalue weighted by atomic mass is 10.0. The number of aromatic amines is 2. The Hall–Kier alpha value is -2.27. The minimum absolute atomic E-state index is 0.174. The number of H-pyrrole nitrogens is 2. The maximum absolute atomic E-state index is 13.7. The Morgan fingerprint density at radius 3 is 2.48 bits per heavy atom. The molecule has 3 rings (SSSR count). The number of methoxy groups -OCH3 is 1. The van der Waals surface area contributed by atoms with Crippen molar-refractivity contribution in [2.45, 2.75) is 5.38 Å². The fourth-order valence-corrected chi connectivity index (χ4v) is 2.51. The summed E-state index contributed by atoms with van der Waals surface area (Å²) in [6.45, 7) is 0. The SMILES string of the molecule is COc1ccc(C(Cl)c2ccc3[nH]c(=O)[nH]c3c2)cc1F. The van der Waals surface area contributed by atoms with Gasteiger partial charge in [-0.2, -0.15) is 0 Å². The number of alkyl halides is 1. The normalized spacial score (nSPS) is 12.5. The van der Waals surface area contributed by atoms with E-state index in [9.17, 15) is 9.18 Å². The van der Waals surface area contributed by atoms with E-state index in [1.54, 1.807) is 24.3 Å². The van der Waals surface area contributed by atoms with E-state index in [0.29, 0.717) is 16.6 Å². The minimum atomic E-state index is -0.520. The van der Waals surface area contributed by atoms with Crippen molar-refractivity contribution in [1.82, 2.24) is 9.97 Å². The first kappa shape index (κ1) is 13.7. The van der Waals surface area contributed by atoms with Gasteiger partial charge >= 0.3 is 5.69 Å². The highest BCUT2D eigenvalue weighted by Crippen LogP contribution is 2.32. The van der Waals surface area contributed by atoms with Crippen LogP contribution in [0.3, 0.4) is 0 Å². The second-order valence-corrected chi connectivity index (χ2v) is 5.08. The van der Waals surface area contributed by atoms with Gasteiger partial charge in [0.15, 0.2) is 11.6 Å². The number of imidazole rings is 1. The van der Waals surface area contributed by atoms with E-state index < -0.39 is 11.2 Å². The molecule has 0 aliphatic rings. The first-order chi connectivity index (χ1) is 10.1. The minimum Gasteiger partial charge on any atom is -0.494 e. The van der Waals surface area contributed by atoms with Gasteiger partial charge in [-0.15, -0.1) is 11.6 Å². The second kappa shape index (κ2) is 5.26. The molecule has 0 radical (unpaired) electrons. The van der Waals surface area contributed by atoms with E-state index >= 15 is 0 Å². The summed E-state index contributed by atoms with van der Waals surface area (Å²) in [7, 11) is 1.41. The van der Waals surface area contributed by atoms with Crippen LogP contribution in [-0.2, 0) is 0 Å². The van der Waals surface area contributed by atoms with Crippen LogP contribution in [0.4, 0.5) is 4.39 Å². The summed E-state index contributed by atoms with van der Waals surface area (Å²) < 4.78 is 18.6. The number of nitrogens with one attached hydrogen (secondary N) is 2. The van der Waals surface area contributed by atoms with E-state index in [1.807, 2.05) is 0 Å². The van der Waals surface area contributed by atoms with Crippen molar-refractivity contribution in [2.24, 2.45) is 0 Å². The van der Waals surface area contributed by atoms with Gasteiger partial charge in [0.1, 0.15) is 0 Å². The van der Waals surface area contributed by atoms with Gasteiger partial charge in [-0.05, 0) is 35.4 Å². The van der Waals surface area contributed by atoms with E-state index in [2.05, 4.69) is 9.97 Å². The molecule has 0 amide bonds. The van der Waals surface area contributed by atoms with Crippen molar-refractivity contribution in [3.63, 3.8) is 0 Å². The molecule has 0 bridgehead atoms. The number of aromatic nitrogens is 2. The van der Waals surface area contributed by atoms with E-state index in [0.717, 1.165) is 5.56 Å². The number of rotatable bonds is 3.